The van der Waals surface area contributed by atoms with Crippen LogP contribution in [-0.4, -0.2) is 22.4 Å². The Hall–Kier alpha value is -3.14. The molecule has 3 aromatic rings. The molecule has 0 N–H and O–H groups in total. The van der Waals surface area contributed by atoms with Gasteiger partial charge in [0.2, 0.25) is 0 Å². The van der Waals surface area contributed by atoms with Crippen molar-refractivity contribution < 1.29 is 0 Å². The van der Waals surface area contributed by atoms with Crippen LogP contribution in [0, 0.1) is 0 Å². The Morgan fingerprint density at radius 3 is 1.41 bits per heavy atom. The van der Waals surface area contributed by atoms with Gasteiger partial charge < -0.3 is 0 Å². The second-order valence-corrected chi connectivity index (χ2v) is 4.56. The quantitative estimate of drug-likeness (QED) is 0.681. The summed E-state index contributed by atoms with van der Waals surface area (Å²) in [6.45, 7) is 0. The highest BCUT2D eigenvalue weighted by Gasteiger charge is 1.92. The SMILES string of the molecule is C(=N\c1ccccn1)/c1ccc(/C=N/c2ccccn2)cc1. The second-order valence-electron chi connectivity index (χ2n) is 4.56. The van der Waals surface area contributed by atoms with Crippen molar-refractivity contribution in [2.45, 2.75) is 0 Å². The van der Waals surface area contributed by atoms with Crippen molar-refractivity contribution in [3.05, 3.63) is 84.2 Å². The third kappa shape index (κ3) is 3.93. The van der Waals surface area contributed by atoms with Gasteiger partial charge in [0.05, 0.1) is 0 Å². The van der Waals surface area contributed by atoms with Crippen LogP contribution >= 0.6 is 0 Å². The van der Waals surface area contributed by atoms with Gasteiger partial charge in [0.25, 0.3) is 0 Å². The minimum absolute atomic E-state index is 0.697. The smallest absolute Gasteiger partial charge is 0.151 e. The number of rotatable bonds is 4. The van der Waals surface area contributed by atoms with Crippen LogP contribution in [0.15, 0.2) is 83.0 Å². The van der Waals surface area contributed by atoms with Gasteiger partial charge in [-0.15, -0.1) is 0 Å². The van der Waals surface area contributed by atoms with E-state index in [9.17, 15) is 0 Å². The number of benzene rings is 1. The summed E-state index contributed by atoms with van der Waals surface area (Å²) in [4.78, 5) is 16.9. The Labute approximate surface area is 129 Å². The lowest BCUT2D eigenvalue weighted by Crippen LogP contribution is -1.85. The number of pyridine rings is 2. The fourth-order valence-electron chi connectivity index (χ4n) is 1.81. The van der Waals surface area contributed by atoms with E-state index in [1.54, 1.807) is 24.8 Å². The third-order valence-electron chi connectivity index (χ3n) is 2.93. The van der Waals surface area contributed by atoms with Gasteiger partial charge in [0, 0.05) is 24.8 Å². The summed E-state index contributed by atoms with van der Waals surface area (Å²) in [5.41, 5.74) is 2.03. The predicted molar refractivity (Wildman–Crippen MR) is 89.4 cm³/mol. The molecule has 0 aliphatic carbocycles. The van der Waals surface area contributed by atoms with Gasteiger partial charge in [-0.3, -0.25) is 0 Å². The molecule has 106 valence electrons. The van der Waals surface area contributed by atoms with Crippen LogP contribution in [0.25, 0.3) is 0 Å². The van der Waals surface area contributed by atoms with Crippen LogP contribution in [0.3, 0.4) is 0 Å². The number of nitrogens with zero attached hydrogens (tertiary/aromatic N) is 4. The molecule has 0 unspecified atom stereocenters. The molecule has 1 aromatic carbocycles. The van der Waals surface area contributed by atoms with Gasteiger partial charge >= 0.3 is 0 Å². The molecule has 0 radical (unpaired) electrons. The van der Waals surface area contributed by atoms with Gasteiger partial charge in [-0.1, -0.05) is 36.4 Å². The zero-order valence-electron chi connectivity index (χ0n) is 11.9. The van der Waals surface area contributed by atoms with E-state index in [-0.39, 0.29) is 0 Å². The maximum absolute atomic E-state index is 4.32. The molecule has 0 amide bonds. The molecular weight excluding hydrogens is 272 g/mol. The van der Waals surface area contributed by atoms with Gasteiger partial charge in [0.15, 0.2) is 11.6 Å². The van der Waals surface area contributed by atoms with E-state index >= 15 is 0 Å². The van der Waals surface area contributed by atoms with Crippen molar-refractivity contribution in [2.75, 3.05) is 0 Å². The van der Waals surface area contributed by atoms with Crippen molar-refractivity contribution >= 4 is 24.1 Å². The Bertz CT molecular complexity index is 695. The Morgan fingerprint density at radius 1 is 0.591 bits per heavy atom. The van der Waals surface area contributed by atoms with Crippen LogP contribution in [-0.2, 0) is 0 Å². The van der Waals surface area contributed by atoms with E-state index in [1.165, 1.54) is 0 Å². The minimum Gasteiger partial charge on any atom is -0.237 e. The van der Waals surface area contributed by atoms with Crippen LogP contribution < -0.4 is 0 Å². The highest BCUT2D eigenvalue weighted by atomic mass is 14.9. The Morgan fingerprint density at radius 2 is 1.05 bits per heavy atom. The summed E-state index contributed by atoms with van der Waals surface area (Å²) in [6, 6.07) is 19.3. The molecule has 0 spiro atoms. The predicted octanol–water partition coefficient (Wildman–Crippen LogP) is 3.98. The average molecular weight is 286 g/mol. The van der Waals surface area contributed by atoms with Crippen molar-refractivity contribution in [3.8, 4) is 0 Å². The largest absolute Gasteiger partial charge is 0.237 e. The van der Waals surface area contributed by atoms with Crippen molar-refractivity contribution in [3.63, 3.8) is 0 Å². The van der Waals surface area contributed by atoms with Gasteiger partial charge in [-0.05, 0) is 35.4 Å². The first-order valence-corrected chi connectivity index (χ1v) is 6.90. The first-order chi connectivity index (χ1) is 10.9. The summed E-state index contributed by atoms with van der Waals surface area (Å²) >= 11 is 0. The van der Waals surface area contributed by atoms with E-state index in [4.69, 9.17) is 0 Å². The zero-order chi connectivity index (χ0) is 15.0. The van der Waals surface area contributed by atoms with Crippen molar-refractivity contribution in [2.24, 2.45) is 9.98 Å². The molecule has 22 heavy (non-hydrogen) atoms. The maximum Gasteiger partial charge on any atom is 0.151 e. The van der Waals surface area contributed by atoms with Crippen molar-refractivity contribution in [1.29, 1.82) is 0 Å². The average Bonchev–Trinajstić information content (AvgIpc) is 2.61. The van der Waals surface area contributed by atoms with Gasteiger partial charge in [-0.25, -0.2) is 20.0 Å². The highest BCUT2D eigenvalue weighted by molar-refractivity contribution is 5.85. The van der Waals surface area contributed by atoms with E-state index < -0.39 is 0 Å². The number of aliphatic imine (C=N–C) groups is 2. The minimum atomic E-state index is 0.697. The third-order valence-corrected chi connectivity index (χ3v) is 2.93. The topological polar surface area (TPSA) is 50.5 Å². The molecule has 0 saturated heterocycles. The molecule has 0 aliphatic heterocycles. The van der Waals surface area contributed by atoms with Crippen molar-refractivity contribution in [1.82, 2.24) is 9.97 Å². The van der Waals surface area contributed by atoms with E-state index in [0.29, 0.717) is 11.6 Å². The van der Waals surface area contributed by atoms with Crippen LogP contribution in [0.1, 0.15) is 11.1 Å². The van der Waals surface area contributed by atoms with Gasteiger partial charge in [0.1, 0.15) is 0 Å². The standard InChI is InChI=1S/C18H14N4/c1-3-11-19-17(5-1)21-13-15-7-9-16(10-8-15)14-22-18-6-2-4-12-20-18/h1-14H/b21-13+,22-14+. The van der Waals surface area contributed by atoms with Crippen LogP contribution in [0.5, 0.6) is 0 Å². The van der Waals surface area contributed by atoms with E-state index in [1.807, 2.05) is 60.7 Å². The summed E-state index contributed by atoms with van der Waals surface area (Å²) in [6.07, 6.45) is 7.04. The Balaban J connectivity index is 1.68. The molecule has 0 bridgehead atoms. The molecule has 3 rings (SSSR count). The summed E-state index contributed by atoms with van der Waals surface area (Å²) < 4.78 is 0. The summed E-state index contributed by atoms with van der Waals surface area (Å²) in [7, 11) is 0. The fraction of sp³-hybridized carbons (Fsp3) is 0. The first kappa shape index (κ1) is 13.8. The number of hydrogen-bond acceptors (Lipinski definition) is 4. The Kier molecular flexibility index (Phi) is 4.42. The van der Waals surface area contributed by atoms with E-state index in [2.05, 4.69) is 20.0 Å². The molecule has 2 aromatic heterocycles. The molecule has 4 nitrogen and oxygen atoms in total. The number of aromatic nitrogens is 2. The zero-order valence-corrected chi connectivity index (χ0v) is 11.9. The molecule has 4 heteroatoms. The fourth-order valence-corrected chi connectivity index (χ4v) is 1.81. The molecule has 0 aliphatic rings. The maximum atomic E-state index is 4.32. The summed E-state index contributed by atoms with van der Waals surface area (Å²) in [5.74, 6) is 1.39. The van der Waals surface area contributed by atoms with E-state index in [0.717, 1.165) is 11.1 Å². The highest BCUT2D eigenvalue weighted by Crippen LogP contribution is 2.08. The lowest BCUT2D eigenvalue weighted by Gasteiger charge is -1.96. The number of hydrogen-bond donors (Lipinski definition) is 0. The molecule has 0 fully saturated rings. The molecule has 2 heterocycles. The second kappa shape index (κ2) is 7.04. The lowest BCUT2D eigenvalue weighted by atomic mass is 10.1. The molecule has 0 saturated carbocycles. The first-order valence-electron chi connectivity index (χ1n) is 6.90. The molecule has 0 atom stereocenters. The van der Waals surface area contributed by atoms with Crippen LogP contribution in [0.4, 0.5) is 11.6 Å². The summed E-state index contributed by atoms with van der Waals surface area (Å²) in [5, 5.41) is 0. The molecular formula is C18H14N4. The normalized spacial score (nSPS) is 11.3. The van der Waals surface area contributed by atoms with Crippen LogP contribution in [0.2, 0.25) is 0 Å². The van der Waals surface area contributed by atoms with Gasteiger partial charge in [-0.2, -0.15) is 0 Å². The lowest BCUT2D eigenvalue weighted by molar-refractivity contribution is 1.28. The monoisotopic (exact) mass is 286 g/mol.